The molecule has 2 aliphatic rings. The summed E-state index contributed by atoms with van der Waals surface area (Å²) in [4.78, 5) is 2.39. The van der Waals surface area contributed by atoms with Crippen molar-refractivity contribution in [3.63, 3.8) is 0 Å². The fourth-order valence-corrected chi connectivity index (χ4v) is 2.77. The summed E-state index contributed by atoms with van der Waals surface area (Å²) in [7, 11) is 2.18. The van der Waals surface area contributed by atoms with E-state index < -0.39 is 5.60 Å². The lowest BCUT2D eigenvalue weighted by Crippen LogP contribution is -2.48. The topological polar surface area (TPSA) is 44.7 Å². The number of ether oxygens (including phenoxy) is 1. The molecule has 2 saturated heterocycles. The molecular formula is C13H26N2O2. The van der Waals surface area contributed by atoms with Gasteiger partial charge in [0.15, 0.2) is 0 Å². The monoisotopic (exact) mass is 242 g/mol. The fraction of sp³-hybridized carbons (Fsp3) is 1.00. The molecular weight excluding hydrogens is 216 g/mol. The summed E-state index contributed by atoms with van der Waals surface area (Å²) in [5, 5.41) is 14.0. The average molecular weight is 242 g/mol. The van der Waals surface area contributed by atoms with E-state index in [1.807, 2.05) is 6.92 Å². The number of nitrogens with one attached hydrogen (secondary N) is 1. The van der Waals surface area contributed by atoms with Crippen LogP contribution in [-0.2, 0) is 4.74 Å². The minimum atomic E-state index is -0.655. The normalized spacial score (nSPS) is 40.4. The summed E-state index contributed by atoms with van der Waals surface area (Å²) in [6, 6.07) is 0.553. The Morgan fingerprint density at radius 3 is 2.94 bits per heavy atom. The van der Waals surface area contributed by atoms with Crippen molar-refractivity contribution >= 4 is 0 Å². The van der Waals surface area contributed by atoms with Crippen LogP contribution in [0.4, 0.5) is 0 Å². The van der Waals surface area contributed by atoms with Gasteiger partial charge in [0.05, 0.1) is 6.10 Å². The van der Waals surface area contributed by atoms with Gasteiger partial charge in [-0.15, -0.1) is 0 Å². The molecule has 0 radical (unpaired) electrons. The molecule has 3 unspecified atom stereocenters. The largest absolute Gasteiger partial charge is 0.386 e. The average Bonchev–Trinajstić information content (AvgIpc) is 2.51. The molecule has 3 atom stereocenters. The Bertz CT molecular complexity index is 250. The molecule has 0 bridgehead atoms. The van der Waals surface area contributed by atoms with Crippen LogP contribution in [0.1, 0.15) is 32.6 Å². The van der Waals surface area contributed by atoms with Crippen LogP contribution in [0.3, 0.4) is 0 Å². The van der Waals surface area contributed by atoms with Gasteiger partial charge in [-0.2, -0.15) is 0 Å². The Morgan fingerprint density at radius 1 is 1.41 bits per heavy atom. The molecule has 0 aromatic heterocycles. The first kappa shape index (κ1) is 13.3. The van der Waals surface area contributed by atoms with E-state index in [4.69, 9.17) is 4.74 Å². The minimum Gasteiger partial charge on any atom is -0.386 e. The highest BCUT2D eigenvalue weighted by atomic mass is 16.5. The summed E-state index contributed by atoms with van der Waals surface area (Å²) in [6.07, 6.45) is 4.37. The van der Waals surface area contributed by atoms with Crippen molar-refractivity contribution in [2.45, 2.75) is 50.4 Å². The predicted octanol–water partition coefficient (Wildman–Crippen LogP) is 0.600. The summed E-state index contributed by atoms with van der Waals surface area (Å²) in [5.41, 5.74) is -0.655. The van der Waals surface area contributed by atoms with Gasteiger partial charge in [0.2, 0.25) is 0 Å². The van der Waals surface area contributed by atoms with E-state index in [-0.39, 0.29) is 6.10 Å². The van der Waals surface area contributed by atoms with Crippen LogP contribution in [0.5, 0.6) is 0 Å². The molecule has 4 heteroatoms. The molecule has 2 N–H and O–H groups in total. The van der Waals surface area contributed by atoms with Gasteiger partial charge in [0.1, 0.15) is 5.60 Å². The van der Waals surface area contributed by atoms with Gasteiger partial charge in [0, 0.05) is 25.6 Å². The smallest absolute Gasteiger partial charge is 0.105 e. The summed E-state index contributed by atoms with van der Waals surface area (Å²) >= 11 is 0. The van der Waals surface area contributed by atoms with E-state index >= 15 is 0 Å². The van der Waals surface area contributed by atoms with Crippen molar-refractivity contribution in [2.75, 3.05) is 33.3 Å². The van der Waals surface area contributed by atoms with E-state index in [2.05, 4.69) is 17.3 Å². The van der Waals surface area contributed by atoms with Crippen molar-refractivity contribution in [2.24, 2.45) is 0 Å². The zero-order chi connectivity index (χ0) is 12.3. The molecule has 2 aliphatic heterocycles. The molecule has 0 spiro atoms. The molecule has 4 nitrogen and oxygen atoms in total. The maximum Gasteiger partial charge on any atom is 0.105 e. The lowest BCUT2D eigenvalue weighted by atomic mass is 9.96. The maximum absolute atomic E-state index is 10.4. The van der Waals surface area contributed by atoms with Crippen LogP contribution >= 0.6 is 0 Å². The van der Waals surface area contributed by atoms with E-state index in [9.17, 15) is 5.11 Å². The van der Waals surface area contributed by atoms with Crippen LogP contribution in [0.15, 0.2) is 0 Å². The lowest BCUT2D eigenvalue weighted by Gasteiger charge is -2.29. The van der Waals surface area contributed by atoms with Crippen LogP contribution in [-0.4, -0.2) is 61.0 Å². The summed E-state index contributed by atoms with van der Waals surface area (Å²) in [6.45, 7) is 5.68. The molecule has 2 rings (SSSR count). The standard InChI is InChI=1S/C13H26N2O2/c1-11-13(16,6-9-17-11)10-14-12-4-3-7-15(2)8-5-12/h11-12,14,16H,3-10H2,1-2H3. The predicted molar refractivity (Wildman–Crippen MR) is 68.1 cm³/mol. The molecule has 0 saturated carbocycles. The van der Waals surface area contributed by atoms with Crippen LogP contribution in [0.2, 0.25) is 0 Å². The van der Waals surface area contributed by atoms with Crippen molar-refractivity contribution in [3.8, 4) is 0 Å². The number of rotatable bonds is 3. The van der Waals surface area contributed by atoms with Crippen LogP contribution in [0, 0.1) is 0 Å². The molecule has 0 aliphatic carbocycles. The zero-order valence-corrected chi connectivity index (χ0v) is 11.1. The van der Waals surface area contributed by atoms with Gasteiger partial charge in [-0.05, 0) is 46.3 Å². The number of hydrogen-bond donors (Lipinski definition) is 2. The van der Waals surface area contributed by atoms with Crippen LogP contribution < -0.4 is 5.32 Å². The van der Waals surface area contributed by atoms with Gasteiger partial charge in [-0.3, -0.25) is 0 Å². The number of nitrogens with zero attached hydrogens (tertiary/aromatic N) is 1. The van der Waals surface area contributed by atoms with Crippen molar-refractivity contribution in [3.05, 3.63) is 0 Å². The van der Waals surface area contributed by atoms with Gasteiger partial charge >= 0.3 is 0 Å². The molecule has 0 aromatic carbocycles. The lowest BCUT2D eigenvalue weighted by molar-refractivity contribution is -0.0278. The third kappa shape index (κ3) is 3.41. The first-order chi connectivity index (χ1) is 8.10. The van der Waals surface area contributed by atoms with Crippen molar-refractivity contribution in [1.82, 2.24) is 10.2 Å². The SMILES string of the molecule is CC1OCCC1(O)CNC1CCCN(C)CC1. The number of hydrogen-bond acceptors (Lipinski definition) is 4. The minimum absolute atomic E-state index is 0.0385. The number of likely N-dealkylation sites (tertiary alicyclic amines) is 1. The molecule has 0 amide bonds. The Hall–Kier alpha value is -0.160. The Kier molecular flexibility index (Phi) is 4.42. The van der Waals surface area contributed by atoms with Crippen LogP contribution in [0.25, 0.3) is 0 Å². The summed E-state index contributed by atoms with van der Waals surface area (Å²) in [5.74, 6) is 0. The van der Waals surface area contributed by atoms with E-state index in [0.717, 1.165) is 13.0 Å². The van der Waals surface area contributed by atoms with Gasteiger partial charge in [0.25, 0.3) is 0 Å². The highest BCUT2D eigenvalue weighted by molar-refractivity contribution is 4.92. The second kappa shape index (κ2) is 5.65. The third-order valence-corrected chi connectivity index (χ3v) is 4.31. The van der Waals surface area contributed by atoms with E-state index in [0.29, 0.717) is 19.2 Å². The Balaban J connectivity index is 1.77. The summed E-state index contributed by atoms with van der Waals surface area (Å²) < 4.78 is 5.45. The maximum atomic E-state index is 10.4. The molecule has 2 fully saturated rings. The Morgan fingerprint density at radius 2 is 2.24 bits per heavy atom. The first-order valence-electron chi connectivity index (χ1n) is 6.86. The number of aliphatic hydroxyl groups is 1. The van der Waals surface area contributed by atoms with Gasteiger partial charge < -0.3 is 20.1 Å². The van der Waals surface area contributed by atoms with Crippen molar-refractivity contribution < 1.29 is 9.84 Å². The third-order valence-electron chi connectivity index (χ3n) is 4.31. The quantitative estimate of drug-likeness (QED) is 0.761. The first-order valence-corrected chi connectivity index (χ1v) is 6.86. The molecule has 17 heavy (non-hydrogen) atoms. The molecule has 100 valence electrons. The molecule has 0 aromatic rings. The fourth-order valence-electron chi connectivity index (χ4n) is 2.77. The Labute approximate surface area is 104 Å². The molecule has 2 heterocycles. The van der Waals surface area contributed by atoms with Gasteiger partial charge in [-0.1, -0.05) is 0 Å². The van der Waals surface area contributed by atoms with Crippen molar-refractivity contribution in [1.29, 1.82) is 0 Å². The van der Waals surface area contributed by atoms with Gasteiger partial charge in [-0.25, -0.2) is 0 Å². The van der Waals surface area contributed by atoms with E-state index in [1.54, 1.807) is 0 Å². The zero-order valence-electron chi connectivity index (χ0n) is 11.1. The highest BCUT2D eigenvalue weighted by Gasteiger charge is 2.39. The second-order valence-corrected chi connectivity index (χ2v) is 5.68. The highest BCUT2D eigenvalue weighted by Crippen LogP contribution is 2.25. The van der Waals surface area contributed by atoms with E-state index in [1.165, 1.54) is 25.8 Å². The second-order valence-electron chi connectivity index (χ2n) is 5.68.